The summed E-state index contributed by atoms with van der Waals surface area (Å²) in [5.41, 5.74) is 1.23. The molecular formula is C14H26O3Si. The average molecular weight is 270 g/mol. The lowest BCUT2D eigenvalue weighted by Crippen LogP contribution is -2.21. The van der Waals surface area contributed by atoms with E-state index in [0.717, 1.165) is 31.6 Å². The van der Waals surface area contributed by atoms with Gasteiger partial charge < -0.3 is 9.53 Å². The Labute approximate surface area is 112 Å². The van der Waals surface area contributed by atoms with E-state index in [4.69, 9.17) is 4.74 Å². The zero-order chi connectivity index (χ0) is 14.0. The third-order valence-corrected chi connectivity index (χ3v) is 3.94. The number of ether oxygens (including phenoxy) is 1. The van der Waals surface area contributed by atoms with Gasteiger partial charge in [-0.25, -0.2) is 0 Å². The summed E-state index contributed by atoms with van der Waals surface area (Å²) in [5, 5.41) is 0. The van der Waals surface area contributed by atoms with Gasteiger partial charge in [0.15, 0.2) is 0 Å². The molecule has 18 heavy (non-hydrogen) atoms. The van der Waals surface area contributed by atoms with Gasteiger partial charge in [0.1, 0.15) is 12.9 Å². The van der Waals surface area contributed by atoms with Gasteiger partial charge in [-0.2, -0.15) is 0 Å². The highest BCUT2D eigenvalue weighted by atomic mass is 28.3. The highest BCUT2D eigenvalue weighted by Crippen LogP contribution is 2.18. The van der Waals surface area contributed by atoms with E-state index in [0.29, 0.717) is 13.0 Å². The van der Waals surface area contributed by atoms with Crippen molar-refractivity contribution in [1.29, 1.82) is 0 Å². The van der Waals surface area contributed by atoms with Crippen molar-refractivity contribution in [3.05, 3.63) is 11.6 Å². The van der Waals surface area contributed by atoms with Crippen LogP contribution in [0.15, 0.2) is 11.6 Å². The molecule has 0 aromatic rings. The highest BCUT2D eigenvalue weighted by molar-refractivity contribution is 6.76. The predicted molar refractivity (Wildman–Crippen MR) is 77.4 cm³/mol. The summed E-state index contributed by atoms with van der Waals surface area (Å²) in [6, 6.07) is 1.06. The molecule has 0 fully saturated rings. The number of hydrogen-bond acceptors (Lipinski definition) is 3. The summed E-state index contributed by atoms with van der Waals surface area (Å²) in [6.45, 7) is 8.78. The number of allylic oxidation sites excluding steroid dienone is 1. The van der Waals surface area contributed by atoms with Crippen LogP contribution in [-0.2, 0) is 14.3 Å². The molecular weight excluding hydrogens is 244 g/mol. The molecule has 0 rings (SSSR count). The second kappa shape index (κ2) is 9.08. The maximum atomic E-state index is 10.9. The molecule has 0 saturated heterocycles. The molecule has 0 bridgehead atoms. The van der Waals surface area contributed by atoms with E-state index in [9.17, 15) is 9.59 Å². The summed E-state index contributed by atoms with van der Waals surface area (Å²) in [7, 11) is -1.18. The van der Waals surface area contributed by atoms with Crippen LogP contribution in [0.25, 0.3) is 0 Å². The van der Waals surface area contributed by atoms with Gasteiger partial charge in [-0.15, -0.1) is 0 Å². The molecule has 3 nitrogen and oxygen atoms in total. The fourth-order valence-corrected chi connectivity index (χ4v) is 3.34. The maximum absolute atomic E-state index is 10.9. The SMILES string of the molecule is CC(=O)OC/C(=C/CCCCC=O)C[Si](C)(C)C. The molecule has 0 atom stereocenters. The van der Waals surface area contributed by atoms with Crippen molar-refractivity contribution in [3.8, 4) is 0 Å². The first-order chi connectivity index (χ1) is 8.35. The Morgan fingerprint density at radius 1 is 1.17 bits per heavy atom. The Morgan fingerprint density at radius 3 is 2.28 bits per heavy atom. The van der Waals surface area contributed by atoms with E-state index < -0.39 is 8.07 Å². The van der Waals surface area contributed by atoms with E-state index in [-0.39, 0.29) is 5.97 Å². The van der Waals surface area contributed by atoms with Gasteiger partial charge in [-0.3, -0.25) is 4.79 Å². The van der Waals surface area contributed by atoms with Crippen LogP contribution < -0.4 is 0 Å². The summed E-state index contributed by atoms with van der Waals surface area (Å²) in [6.07, 6.45) is 6.72. The number of esters is 1. The zero-order valence-electron chi connectivity index (χ0n) is 12.1. The van der Waals surface area contributed by atoms with Gasteiger partial charge >= 0.3 is 5.97 Å². The molecule has 0 aliphatic carbocycles. The molecule has 0 unspecified atom stereocenters. The van der Waals surface area contributed by atoms with Gasteiger partial charge in [0.05, 0.1) is 0 Å². The lowest BCUT2D eigenvalue weighted by Gasteiger charge is -2.18. The largest absolute Gasteiger partial charge is 0.461 e. The fraction of sp³-hybridized carbons (Fsp3) is 0.714. The standard InChI is InChI=1S/C14H26O3Si/c1-13(16)17-11-14(12-18(2,3)4)9-7-5-6-8-10-15/h9-10H,5-8,11-12H2,1-4H3/b14-9-. The Hall–Kier alpha value is -0.903. The van der Waals surface area contributed by atoms with Crippen LogP contribution in [0.3, 0.4) is 0 Å². The monoisotopic (exact) mass is 270 g/mol. The van der Waals surface area contributed by atoms with Crippen molar-refractivity contribution in [2.75, 3.05) is 6.61 Å². The van der Waals surface area contributed by atoms with Crippen molar-refractivity contribution < 1.29 is 14.3 Å². The van der Waals surface area contributed by atoms with E-state index in [1.807, 2.05) is 0 Å². The lowest BCUT2D eigenvalue weighted by molar-refractivity contribution is -0.140. The minimum absolute atomic E-state index is 0.225. The topological polar surface area (TPSA) is 43.4 Å². The van der Waals surface area contributed by atoms with Crippen LogP contribution in [0.1, 0.15) is 32.6 Å². The number of carbonyl (C=O) groups is 2. The summed E-state index contributed by atoms with van der Waals surface area (Å²) in [5.74, 6) is -0.225. The number of aldehydes is 1. The van der Waals surface area contributed by atoms with Gasteiger partial charge in [-0.1, -0.05) is 25.7 Å². The molecule has 0 aromatic carbocycles. The molecule has 104 valence electrons. The average Bonchev–Trinajstić information content (AvgIpc) is 2.23. The van der Waals surface area contributed by atoms with Crippen LogP contribution in [0.5, 0.6) is 0 Å². The van der Waals surface area contributed by atoms with Crippen molar-refractivity contribution in [2.45, 2.75) is 58.3 Å². The smallest absolute Gasteiger partial charge is 0.302 e. The molecule has 0 amide bonds. The molecule has 0 radical (unpaired) electrons. The summed E-state index contributed by atoms with van der Waals surface area (Å²) >= 11 is 0. The van der Waals surface area contributed by atoms with Gasteiger partial charge in [-0.05, 0) is 30.9 Å². The number of carbonyl (C=O) groups excluding carboxylic acids is 2. The third-order valence-electron chi connectivity index (χ3n) is 2.43. The first-order valence-corrected chi connectivity index (χ1v) is 10.3. The van der Waals surface area contributed by atoms with Crippen LogP contribution in [-0.4, -0.2) is 26.9 Å². The van der Waals surface area contributed by atoms with Gasteiger partial charge in [0, 0.05) is 21.4 Å². The van der Waals surface area contributed by atoms with Crippen LogP contribution in [0.4, 0.5) is 0 Å². The summed E-state index contributed by atoms with van der Waals surface area (Å²) in [4.78, 5) is 21.1. The molecule has 4 heteroatoms. The van der Waals surface area contributed by atoms with Crippen molar-refractivity contribution in [3.63, 3.8) is 0 Å². The van der Waals surface area contributed by atoms with E-state index in [1.165, 1.54) is 12.5 Å². The van der Waals surface area contributed by atoms with Crippen molar-refractivity contribution in [2.24, 2.45) is 0 Å². The first kappa shape index (κ1) is 17.1. The van der Waals surface area contributed by atoms with E-state index in [1.54, 1.807) is 0 Å². The Bertz CT molecular complexity index is 290. The second-order valence-electron chi connectivity index (χ2n) is 5.83. The van der Waals surface area contributed by atoms with Gasteiger partial charge in [0.2, 0.25) is 0 Å². The molecule has 0 aliphatic rings. The Balaban J connectivity index is 4.21. The molecule has 0 heterocycles. The number of rotatable bonds is 9. The van der Waals surface area contributed by atoms with Crippen LogP contribution in [0, 0.1) is 0 Å². The quantitative estimate of drug-likeness (QED) is 0.211. The van der Waals surface area contributed by atoms with E-state index in [2.05, 4.69) is 25.7 Å². The minimum Gasteiger partial charge on any atom is -0.461 e. The Kier molecular flexibility index (Phi) is 8.63. The predicted octanol–water partition coefficient (Wildman–Crippen LogP) is 3.57. The highest BCUT2D eigenvalue weighted by Gasteiger charge is 2.16. The normalized spacial score (nSPS) is 12.3. The minimum atomic E-state index is -1.18. The van der Waals surface area contributed by atoms with Crippen LogP contribution in [0.2, 0.25) is 25.7 Å². The summed E-state index contributed by atoms with van der Waals surface area (Å²) < 4.78 is 5.09. The van der Waals surface area contributed by atoms with Crippen LogP contribution >= 0.6 is 0 Å². The van der Waals surface area contributed by atoms with Gasteiger partial charge in [0.25, 0.3) is 0 Å². The van der Waals surface area contributed by atoms with E-state index >= 15 is 0 Å². The van der Waals surface area contributed by atoms with Crippen molar-refractivity contribution in [1.82, 2.24) is 0 Å². The lowest BCUT2D eigenvalue weighted by atomic mass is 10.1. The maximum Gasteiger partial charge on any atom is 0.302 e. The number of hydrogen-bond donors (Lipinski definition) is 0. The molecule has 0 spiro atoms. The molecule has 0 aromatic heterocycles. The molecule has 0 N–H and O–H groups in total. The first-order valence-electron chi connectivity index (χ1n) is 6.60. The second-order valence-corrected chi connectivity index (χ2v) is 11.3. The fourth-order valence-electron chi connectivity index (χ4n) is 1.74. The molecule has 0 aliphatic heterocycles. The Morgan fingerprint density at radius 2 is 1.78 bits per heavy atom. The zero-order valence-corrected chi connectivity index (χ0v) is 13.1. The third kappa shape index (κ3) is 11.6. The molecule has 0 saturated carbocycles. The number of unbranched alkanes of at least 4 members (excludes halogenated alkanes) is 3. The van der Waals surface area contributed by atoms with Crippen molar-refractivity contribution >= 4 is 20.3 Å².